The highest BCUT2D eigenvalue weighted by atomic mass is 35.5. The first-order chi connectivity index (χ1) is 15.3. The Morgan fingerprint density at radius 1 is 1.41 bits per heavy atom. The number of nitrogens with two attached hydrogens (primary N) is 1. The van der Waals surface area contributed by atoms with Crippen LogP contribution in [0.3, 0.4) is 0 Å². The van der Waals surface area contributed by atoms with Crippen LogP contribution in [0.2, 0.25) is 0 Å². The normalized spacial score (nSPS) is 16.2. The van der Waals surface area contributed by atoms with Crippen molar-refractivity contribution in [3.8, 4) is 11.1 Å². The molecule has 2 amide bonds. The van der Waals surface area contributed by atoms with Crippen LogP contribution >= 0.6 is 11.6 Å². The predicted octanol–water partition coefficient (Wildman–Crippen LogP) is 4.06. The van der Waals surface area contributed by atoms with Crippen molar-refractivity contribution < 1.29 is 14.0 Å². The monoisotopic (exact) mass is 454 g/mol. The van der Waals surface area contributed by atoms with Crippen LogP contribution in [0, 0.1) is 5.82 Å². The lowest BCUT2D eigenvalue weighted by Gasteiger charge is -2.23. The van der Waals surface area contributed by atoms with Crippen LogP contribution in [0.4, 0.5) is 10.2 Å². The predicted molar refractivity (Wildman–Crippen MR) is 125 cm³/mol. The van der Waals surface area contributed by atoms with E-state index in [4.69, 9.17) is 17.3 Å². The minimum absolute atomic E-state index is 0.0316. The van der Waals surface area contributed by atoms with Gasteiger partial charge in [-0.3, -0.25) is 9.59 Å². The summed E-state index contributed by atoms with van der Waals surface area (Å²) in [6.07, 6.45) is 5.94. The number of aromatic nitrogens is 1. The van der Waals surface area contributed by atoms with Gasteiger partial charge in [0, 0.05) is 42.2 Å². The van der Waals surface area contributed by atoms with Crippen molar-refractivity contribution in [1.82, 2.24) is 15.6 Å². The molecule has 0 spiro atoms. The van der Waals surface area contributed by atoms with E-state index in [0.717, 1.165) is 5.56 Å². The number of nitrogen functional groups attached to an aromatic ring is 1. The van der Waals surface area contributed by atoms with Crippen molar-refractivity contribution in [3.05, 3.63) is 83.3 Å². The number of hydrogen-bond acceptors (Lipinski definition) is 4. The molecule has 1 aliphatic rings. The third kappa shape index (κ3) is 5.62. The maximum absolute atomic E-state index is 14.8. The molecule has 0 aliphatic carbocycles. The lowest BCUT2D eigenvalue weighted by atomic mass is 9.90. The Labute approximate surface area is 191 Å². The van der Waals surface area contributed by atoms with Gasteiger partial charge in [-0.15, -0.1) is 0 Å². The second-order valence-electron chi connectivity index (χ2n) is 7.49. The van der Waals surface area contributed by atoms with Gasteiger partial charge in [0.25, 0.3) is 5.91 Å². The molecule has 1 aromatic carbocycles. The molecule has 1 aliphatic heterocycles. The van der Waals surface area contributed by atoms with Crippen molar-refractivity contribution in [2.45, 2.75) is 18.8 Å². The number of anilines is 1. The lowest BCUT2D eigenvalue weighted by molar-refractivity contribution is -0.122. The molecule has 8 heteroatoms. The highest BCUT2D eigenvalue weighted by molar-refractivity contribution is 6.30. The van der Waals surface area contributed by atoms with Gasteiger partial charge in [-0.25, -0.2) is 9.37 Å². The van der Waals surface area contributed by atoms with Gasteiger partial charge in [0.1, 0.15) is 11.6 Å². The summed E-state index contributed by atoms with van der Waals surface area (Å²) in [5.74, 6) is -0.845. The van der Waals surface area contributed by atoms with Crippen molar-refractivity contribution in [2.75, 3.05) is 18.8 Å². The first kappa shape index (κ1) is 23.2. The quantitative estimate of drug-likeness (QED) is 0.549. The highest BCUT2D eigenvalue weighted by Crippen LogP contribution is 2.31. The zero-order chi connectivity index (χ0) is 23.3. The lowest BCUT2D eigenvalue weighted by Crippen LogP contribution is -2.33. The van der Waals surface area contributed by atoms with E-state index in [1.54, 1.807) is 18.3 Å². The van der Waals surface area contributed by atoms with Crippen LogP contribution in [0.1, 0.15) is 34.7 Å². The zero-order valence-electron chi connectivity index (χ0n) is 17.5. The summed E-state index contributed by atoms with van der Waals surface area (Å²) in [5.41, 5.74) is 8.59. The molecule has 1 saturated heterocycles. The number of carbonyl (C=O) groups excluding carboxylic acids is 2. The SMILES string of the molecule is C=C/C(=C\C(=C)Cl)CNC(=O)c1ccc(-c2cc(C3CCC(=O)NC3)cnc2N)cc1F. The van der Waals surface area contributed by atoms with Crippen LogP contribution in [-0.2, 0) is 4.79 Å². The number of piperidine rings is 1. The number of benzene rings is 1. The van der Waals surface area contributed by atoms with Gasteiger partial charge >= 0.3 is 0 Å². The molecule has 2 aromatic rings. The van der Waals surface area contributed by atoms with E-state index < -0.39 is 11.7 Å². The Hall–Kier alpha value is -3.45. The molecule has 1 unspecified atom stereocenters. The molecule has 1 atom stereocenters. The molecule has 0 saturated carbocycles. The maximum Gasteiger partial charge on any atom is 0.254 e. The number of nitrogens with zero attached hydrogens (tertiary/aromatic N) is 1. The average molecular weight is 455 g/mol. The number of nitrogens with one attached hydrogen (secondary N) is 2. The van der Waals surface area contributed by atoms with Gasteiger partial charge in [-0.1, -0.05) is 36.9 Å². The van der Waals surface area contributed by atoms with Gasteiger partial charge in [-0.2, -0.15) is 0 Å². The van der Waals surface area contributed by atoms with Crippen LogP contribution in [0.5, 0.6) is 0 Å². The number of rotatable bonds is 7. The minimum atomic E-state index is -0.680. The minimum Gasteiger partial charge on any atom is -0.383 e. The molecular formula is C24H24ClFN4O2. The molecule has 2 heterocycles. The van der Waals surface area contributed by atoms with Crippen LogP contribution < -0.4 is 16.4 Å². The Bertz CT molecular complexity index is 1100. The van der Waals surface area contributed by atoms with E-state index in [2.05, 4.69) is 28.8 Å². The molecule has 32 heavy (non-hydrogen) atoms. The Morgan fingerprint density at radius 2 is 2.19 bits per heavy atom. The molecule has 166 valence electrons. The van der Waals surface area contributed by atoms with Crippen LogP contribution in [-0.4, -0.2) is 29.9 Å². The van der Waals surface area contributed by atoms with Gasteiger partial charge in [0.2, 0.25) is 5.91 Å². The fourth-order valence-corrected chi connectivity index (χ4v) is 3.63. The summed E-state index contributed by atoms with van der Waals surface area (Å²) in [7, 11) is 0. The summed E-state index contributed by atoms with van der Waals surface area (Å²) >= 11 is 5.74. The maximum atomic E-state index is 14.8. The summed E-state index contributed by atoms with van der Waals surface area (Å²) < 4.78 is 14.8. The van der Waals surface area contributed by atoms with Crippen molar-refractivity contribution in [2.24, 2.45) is 0 Å². The Balaban J connectivity index is 1.79. The van der Waals surface area contributed by atoms with E-state index >= 15 is 0 Å². The van der Waals surface area contributed by atoms with Crippen molar-refractivity contribution in [1.29, 1.82) is 0 Å². The second kappa shape index (κ2) is 10.2. The molecule has 0 radical (unpaired) electrons. The van der Waals surface area contributed by atoms with E-state index in [1.807, 2.05) is 6.07 Å². The van der Waals surface area contributed by atoms with Crippen molar-refractivity contribution in [3.63, 3.8) is 0 Å². The number of amides is 2. The summed E-state index contributed by atoms with van der Waals surface area (Å²) in [5, 5.41) is 5.78. The van der Waals surface area contributed by atoms with Gasteiger partial charge in [0.05, 0.1) is 5.56 Å². The largest absolute Gasteiger partial charge is 0.383 e. The first-order valence-electron chi connectivity index (χ1n) is 10.1. The summed E-state index contributed by atoms with van der Waals surface area (Å²) in [6.45, 7) is 7.86. The zero-order valence-corrected chi connectivity index (χ0v) is 18.2. The number of carbonyl (C=O) groups is 2. The molecular weight excluding hydrogens is 431 g/mol. The van der Waals surface area contributed by atoms with E-state index in [0.29, 0.717) is 41.1 Å². The smallest absolute Gasteiger partial charge is 0.254 e. The highest BCUT2D eigenvalue weighted by Gasteiger charge is 2.21. The van der Waals surface area contributed by atoms with Gasteiger partial charge < -0.3 is 16.4 Å². The third-order valence-corrected chi connectivity index (χ3v) is 5.37. The van der Waals surface area contributed by atoms with Crippen molar-refractivity contribution >= 4 is 29.2 Å². The van der Waals surface area contributed by atoms with E-state index in [-0.39, 0.29) is 29.8 Å². The first-order valence-corrected chi connectivity index (χ1v) is 10.4. The summed E-state index contributed by atoms with van der Waals surface area (Å²) in [6, 6.07) is 6.16. The fraction of sp³-hybridized carbons (Fsp3) is 0.208. The third-order valence-electron chi connectivity index (χ3n) is 5.26. The molecule has 0 bridgehead atoms. The van der Waals surface area contributed by atoms with Crippen LogP contribution in [0.15, 0.2) is 66.4 Å². The number of halogens is 2. The number of hydrogen-bond donors (Lipinski definition) is 3. The topological polar surface area (TPSA) is 97.1 Å². The molecule has 4 N–H and O–H groups in total. The standard InChI is InChI=1S/C24H24ClFN4O2/c1-3-15(8-14(2)25)11-30-24(32)19-6-4-16(10-21(19)26)20-9-18(13-29-23(20)27)17-5-7-22(31)28-12-17/h3-4,6,8-10,13,17H,1-2,5,7,11-12H2,(H2,27,29)(H,28,31)(H,30,32)/b15-8+. The van der Waals surface area contributed by atoms with Gasteiger partial charge in [0.15, 0.2) is 0 Å². The fourth-order valence-electron chi connectivity index (χ4n) is 3.49. The second-order valence-corrected chi connectivity index (χ2v) is 7.97. The number of pyridine rings is 1. The van der Waals surface area contributed by atoms with Crippen LogP contribution in [0.25, 0.3) is 11.1 Å². The average Bonchev–Trinajstić information content (AvgIpc) is 2.77. The van der Waals surface area contributed by atoms with E-state index in [1.165, 1.54) is 18.2 Å². The van der Waals surface area contributed by atoms with E-state index in [9.17, 15) is 14.0 Å². The molecule has 6 nitrogen and oxygen atoms in total. The Morgan fingerprint density at radius 3 is 2.81 bits per heavy atom. The number of allylic oxidation sites excluding steroid dienone is 2. The molecule has 1 aromatic heterocycles. The molecule has 1 fully saturated rings. The molecule has 3 rings (SSSR count). The van der Waals surface area contributed by atoms with Gasteiger partial charge in [-0.05, 0) is 47.4 Å². The summed E-state index contributed by atoms with van der Waals surface area (Å²) in [4.78, 5) is 28.1. The Kier molecular flexibility index (Phi) is 7.43.